The van der Waals surface area contributed by atoms with Crippen LogP contribution in [0.2, 0.25) is 0 Å². The second-order valence-electron chi connectivity index (χ2n) is 7.06. The lowest BCUT2D eigenvalue weighted by Crippen LogP contribution is -2.27. The van der Waals surface area contributed by atoms with Gasteiger partial charge < -0.3 is 9.84 Å². The maximum absolute atomic E-state index is 12.9. The number of aryl methyl sites for hydroxylation is 3. The van der Waals surface area contributed by atoms with E-state index in [1.807, 2.05) is 27.8 Å². The van der Waals surface area contributed by atoms with Crippen molar-refractivity contribution in [2.75, 3.05) is 0 Å². The number of aromatic nitrogens is 5. The van der Waals surface area contributed by atoms with Gasteiger partial charge in [0.25, 0.3) is 5.91 Å². The van der Waals surface area contributed by atoms with E-state index < -0.39 is 6.04 Å². The molecular weight excluding hydrogens is 332 g/mol. The van der Waals surface area contributed by atoms with Crippen molar-refractivity contribution in [3.8, 4) is 0 Å². The monoisotopic (exact) mass is 356 g/mol. The zero-order chi connectivity index (χ0) is 19.0. The van der Waals surface area contributed by atoms with Crippen LogP contribution >= 0.6 is 0 Å². The smallest absolute Gasteiger partial charge is 0.252 e. The van der Waals surface area contributed by atoms with E-state index in [1.165, 1.54) is 0 Å². The number of fused-ring (bicyclic) bond motifs is 1. The summed E-state index contributed by atoms with van der Waals surface area (Å²) in [5, 5.41) is 12.0. The number of nitrogens with zero attached hydrogens (tertiary/aromatic N) is 5. The largest absolute Gasteiger partial charge is 0.340 e. The quantitative estimate of drug-likeness (QED) is 0.754. The molecular formula is C18H24N6O2. The fourth-order valence-electron chi connectivity index (χ4n) is 2.98. The van der Waals surface area contributed by atoms with Gasteiger partial charge in [-0.2, -0.15) is 10.1 Å². The Morgan fingerprint density at radius 2 is 2.00 bits per heavy atom. The topological polar surface area (TPSA) is 98.7 Å². The van der Waals surface area contributed by atoms with Crippen LogP contribution < -0.4 is 5.32 Å². The maximum Gasteiger partial charge on any atom is 0.252 e. The van der Waals surface area contributed by atoms with Crippen molar-refractivity contribution >= 4 is 16.9 Å². The van der Waals surface area contributed by atoms with Crippen LogP contribution in [-0.2, 0) is 13.5 Å². The Morgan fingerprint density at radius 3 is 2.69 bits per heavy atom. The highest BCUT2D eigenvalue weighted by Crippen LogP contribution is 2.22. The van der Waals surface area contributed by atoms with Crippen LogP contribution in [0.1, 0.15) is 60.3 Å². The van der Waals surface area contributed by atoms with Crippen LogP contribution in [-0.4, -0.2) is 30.8 Å². The molecule has 1 atom stereocenters. The molecule has 0 radical (unpaired) electrons. The number of carbonyl (C=O) groups is 1. The van der Waals surface area contributed by atoms with E-state index in [1.54, 1.807) is 10.7 Å². The summed E-state index contributed by atoms with van der Waals surface area (Å²) in [6.45, 7) is 9.74. The highest BCUT2D eigenvalue weighted by Gasteiger charge is 2.22. The van der Waals surface area contributed by atoms with Gasteiger partial charge in [0.2, 0.25) is 5.89 Å². The van der Waals surface area contributed by atoms with Crippen molar-refractivity contribution in [3.05, 3.63) is 34.7 Å². The molecule has 3 aromatic rings. The van der Waals surface area contributed by atoms with Gasteiger partial charge in [0, 0.05) is 19.2 Å². The first-order valence-corrected chi connectivity index (χ1v) is 8.70. The molecule has 0 aliphatic heterocycles. The predicted octanol–water partition coefficient (Wildman–Crippen LogP) is 2.66. The molecule has 8 nitrogen and oxygen atoms in total. The molecule has 3 aromatic heterocycles. The zero-order valence-electron chi connectivity index (χ0n) is 16.0. The summed E-state index contributed by atoms with van der Waals surface area (Å²) in [5.74, 6) is 1.28. The first kappa shape index (κ1) is 18.0. The van der Waals surface area contributed by atoms with E-state index in [4.69, 9.17) is 4.52 Å². The van der Waals surface area contributed by atoms with E-state index >= 15 is 0 Å². The van der Waals surface area contributed by atoms with Crippen molar-refractivity contribution in [3.63, 3.8) is 0 Å². The number of carbonyl (C=O) groups excluding carboxylic acids is 1. The molecule has 1 amide bonds. The number of pyridine rings is 1. The molecule has 1 N–H and O–H groups in total. The Hall–Kier alpha value is -2.77. The standard InChI is InChI=1S/C18H24N6O2/c1-9(2)7-14-21-18(26-23-14)12(5)20-17(25)13-8-10(3)19-16-15(13)11(4)22-24(16)6/h8-9,12H,7H2,1-6H3,(H,20,25). The molecule has 0 saturated carbocycles. The van der Waals surface area contributed by atoms with E-state index in [0.717, 1.165) is 23.2 Å². The molecule has 3 heterocycles. The highest BCUT2D eigenvalue weighted by molar-refractivity contribution is 6.06. The van der Waals surface area contributed by atoms with Gasteiger partial charge in [-0.25, -0.2) is 4.98 Å². The number of hydrogen-bond acceptors (Lipinski definition) is 6. The van der Waals surface area contributed by atoms with Crippen molar-refractivity contribution in [2.24, 2.45) is 13.0 Å². The zero-order valence-corrected chi connectivity index (χ0v) is 16.0. The summed E-state index contributed by atoms with van der Waals surface area (Å²) in [4.78, 5) is 21.7. The fraction of sp³-hybridized carbons (Fsp3) is 0.500. The lowest BCUT2D eigenvalue weighted by Gasteiger charge is -2.11. The van der Waals surface area contributed by atoms with E-state index in [9.17, 15) is 4.79 Å². The van der Waals surface area contributed by atoms with E-state index in [2.05, 4.69) is 39.4 Å². The van der Waals surface area contributed by atoms with Crippen molar-refractivity contribution in [2.45, 2.75) is 47.1 Å². The molecule has 0 aliphatic carbocycles. The average Bonchev–Trinajstić information content (AvgIpc) is 3.11. The summed E-state index contributed by atoms with van der Waals surface area (Å²) < 4.78 is 6.99. The van der Waals surface area contributed by atoms with Gasteiger partial charge in [-0.05, 0) is 32.8 Å². The first-order valence-electron chi connectivity index (χ1n) is 8.70. The fourth-order valence-corrected chi connectivity index (χ4v) is 2.98. The Kier molecular flexibility index (Phi) is 4.76. The Labute approximate surface area is 152 Å². The van der Waals surface area contributed by atoms with Crippen LogP contribution in [0.3, 0.4) is 0 Å². The Morgan fingerprint density at radius 1 is 1.27 bits per heavy atom. The predicted molar refractivity (Wildman–Crippen MR) is 96.7 cm³/mol. The third-order valence-electron chi connectivity index (χ3n) is 4.13. The van der Waals surface area contributed by atoms with E-state index in [0.29, 0.717) is 28.8 Å². The average molecular weight is 356 g/mol. The third kappa shape index (κ3) is 3.44. The van der Waals surface area contributed by atoms with Gasteiger partial charge in [0.05, 0.1) is 16.6 Å². The number of nitrogens with one attached hydrogen (secondary N) is 1. The molecule has 0 aliphatic rings. The number of rotatable bonds is 5. The van der Waals surface area contributed by atoms with Crippen LogP contribution in [0.25, 0.3) is 11.0 Å². The van der Waals surface area contributed by atoms with Gasteiger partial charge in [-0.15, -0.1) is 0 Å². The maximum atomic E-state index is 12.9. The molecule has 0 aromatic carbocycles. The molecule has 0 bridgehead atoms. The molecule has 138 valence electrons. The second kappa shape index (κ2) is 6.86. The molecule has 0 saturated heterocycles. The Balaban J connectivity index is 1.86. The van der Waals surface area contributed by atoms with Gasteiger partial charge in [-0.1, -0.05) is 19.0 Å². The number of amides is 1. The summed E-state index contributed by atoms with van der Waals surface area (Å²) in [7, 11) is 1.82. The van der Waals surface area contributed by atoms with Crippen LogP contribution in [0, 0.1) is 19.8 Å². The highest BCUT2D eigenvalue weighted by atomic mass is 16.5. The molecule has 0 fully saturated rings. The Bertz CT molecular complexity index is 956. The van der Waals surface area contributed by atoms with Crippen LogP contribution in [0.5, 0.6) is 0 Å². The molecule has 1 unspecified atom stereocenters. The van der Waals surface area contributed by atoms with Gasteiger partial charge in [0.1, 0.15) is 6.04 Å². The van der Waals surface area contributed by atoms with Crippen molar-refractivity contribution in [1.82, 2.24) is 30.2 Å². The van der Waals surface area contributed by atoms with Crippen LogP contribution in [0.4, 0.5) is 0 Å². The van der Waals surface area contributed by atoms with E-state index in [-0.39, 0.29) is 5.91 Å². The van der Waals surface area contributed by atoms with Gasteiger partial charge in [-0.3, -0.25) is 9.48 Å². The first-order chi connectivity index (χ1) is 12.3. The summed E-state index contributed by atoms with van der Waals surface area (Å²) >= 11 is 0. The SMILES string of the molecule is Cc1cc(C(=O)NC(C)c2nc(CC(C)C)no2)c2c(C)nn(C)c2n1. The molecule has 26 heavy (non-hydrogen) atoms. The van der Waals surface area contributed by atoms with Gasteiger partial charge in [0.15, 0.2) is 11.5 Å². The summed E-state index contributed by atoms with van der Waals surface area (Å²) in [6, 6.07) is 1.38. The normalized spacial score (nSPS) is 12.7. The minimum absolute atomic E-state index is 0.215. The van der Waals surface area contributed by atoms with Crippen LogP contribution in [0.15, 0.2) is 10.6 Å². The van der Waals surface area contributed by atoms with Crippen molar-refractivity contribution < 1.29 is 9.32 Å². The molecule has 0 spiro atoms. The van der Waals surface area contributed by atoms with Crippen molar-refractivity contribution in [1.29, 1.82) is 0 Å². The number of hydrogen-bond donors (Lipinski definition) is 1. The van der Waals surface area contributed by atoms with Gasteiger partial charge >= 0.3 is 0 Å². The minimum atomic E-state index is -0.392. The minimum Gasteiger partial charge on any atom is -0.340 e. The summed E-state index contributed by atoms with van der Waals surface area (Å²) in [6.07, 6.45) is 0.739. The molecule has 8 heteroatoms. The lowest BCUT2D eigenvalue weighted by atomic mass is 10.1. The lowest BCUT2D eigenvalue weighted by molar-refractivity contribution is 0.0934. The second-order valence-corrected chi connectivity index (χ2v) is 7.06. The molecule has 3 rings (SSSR count). The third-order valence-corrected chi connectivity index (χ3v) is 4.13. The summed E-state index contributed by atoms with van der Waals surface area (Å²) in [5.41, 5.74) is 2.77.